The second kappa shape index (κ2) is 5.39. The standard InChI is InChI=1S/C14H15Cl2N3O2/c15-9-4-7(5-10(17)12(9)16)14(21)19-3-1-2-8-11(19)6-18-13(8)20/h4-5,8,11H,1-3,6,17H2,(H,18,20). The Balaban J connectivity index is 1.90. The number of carbonyl (C=O) groups is 2. The third-order valence-corrected chi connectivity index (χ3v) is 4.98. The topological polar surface area (TPSA) is 75.4 Å². The fourth-order valence-electron chi connectivity index (χ4n) is 3.10. The van der Waals surface area contributed by atoms with E-state index in [4.69, 9.17) is 28.9 Å². The number of carbonyl (C=O) groups excluding carboxylic acids is 2. The largest absolute Gasteiger partial charge is 0.397 e. The zero-order chi connectivity index (χ0) is 15.1. The lowest BCUT2D eigenvalue weighted by molar-refractivity contribution is -0.123. The van der Waals surface area contributed by atoms with Gasteiger partial charge in [-0.15, -0.1) is 0 Å². The second-order valence-corrected chi connectivity index (χ2v) is 6.21. The van der Waals surface area contributed by atoms with Crippen molar-refractivity contribution in [2.75, 3.05) is 18.8 Å². The van der Waals surface area contributed by atoms with Gasteiger partial charge in [0.2, 0.25) is 5.91 Å². The first kappa shape index (κ1) is 14.5. The number of nitrogen functional groups attached to an aromatic ring is 1. The van der Waals surface area contributed by atoms with Gasteiger partial charge in [-0.05, 0) is 25.0 Å². The number of rotatable bonds is 1. The fourth-order valence-corrected chi connectivity index (χ4v) is 3.44. The predicted octanol–water partition coefficient (Wildman–Crippen LogP) is 1.93. The van der Waals surface area contributed by atoms with Gasteiger partial charge < -0.3 is 16.0 Å². The van der Waals surface area contributed by atoms with E-state index in [0.29, 0.717) is 18.7 Å². The molecule has 0 radical (unpaired) electrons. The lowest BCUT2D eigenvalue weighted by Crippen LogP contribution is -2.48. The summed E-state index contributed by atoms with van der Waals surface area (Å²) in [5.41, 5.74) is 6.45. The molecule has 3 N–H and O–H groups in total. The summed E-state index contributed by atoms with van der Waals surface area (Å²) in [6, 6.07) is 2.97. The van der Waals surface area contributed by atoms with Crippen LogP contribution in [0.5, 0.6) is 0 Å². The number of nitrogens with zero attached hydrogens (tertiary/aromatic N) is 1. The molecular formula is C14H15Cl2N3O2. The van der Waals surface area contributed by atoms with Gasteiger partial charge in [0.1, 0.15) is 0 Å². The molecule has 112 valence electrons. The van der Waals surface area contributed by atoms with Crippen LogP contribution in [0.25, 0.3) is 0 Å². The van der Waals surface area contributed by atoms with Crippen LogP contribution in [0, 0.1) is 5.92 Å². The molecule has 21 heavy (non-hydrogen) atoms. The molecule has 0 aliphatic carbocycles. The molecular weight excluding hydrogens is 313 g/mol. The minimum atomic E-state index is -0.161. The van der Waals surface area contributed by atoms with Crippen molar-refractivity contribution >= 4 is 40.7 Å². The van der Waals surface area contributed by atoms with Gasteiger partial charge in [-0.2, -0.15) is 0 Å². The van der Waals surface area contributed by atoms with Crippen molar-refractivity contribution in [3.8, 4) is 0 Å². The minimum Gasteiger partial charge on any atom is -0.397 e. The quantitative estimate of drug-likeness (QED) is 0.774. The molecule has 0 saturated carbocycles. The smallest absolute Gasteiger partial charge is 0.254 e. The number of halogens is 2. The molecule has 2 aliphatic rings. The van der Waals surface area contributed by atoms with Crippen LogP contribution < -0.4 is 11.1 Å². The Hall–Kier alpha value is -1.46. The van der Waals surface area contributed by atoms with Crippen molar-refractivity contribution in [1.82, 2.24) is 10.2 Å². The normalized spacial score (nSPS) is 24.7. The highest BCUT2D eigenvalue weighted by atomic mass is 35.5. The minimum absolute atomic E-state index is 0.0335. The number of benzene rings is 1. The summed E-state index contributed by atoms with van der Waals surface area (Å²) >= 11 is 11.9. The van der Waals surface area contributed by atoms with Crippen LogP contribution in [0.2, 0.25) is 10.0 Å². The molecule has 0 spiro atoms. The Kier molecular flexibility index (Phi) is 3.71. The van der Waals surface area contributed by atoms with E-state index in [1.54, 1.807) is 4.90 Å². The highest BCUT2D eigenvalue weighted by molar-refractivity contribution is 6.43. The third-order valence-electron chi connectivity index (χ3n) is 4.17. The van der Waals surface area contributed by atoms with E-state index in [1.807, 2.05) is 0 Å². The van der Waals surface area contributed by atoms with Crippen LogP contribution in [-0.4, -0.2) is 35.8 Å². The third kappa shape index (κ3) is 2.45. The molecule has 2 heterocycles. The van der Waals surface area contributed by atoms with E-state index in [1.165, 1.54) is 12.1 Å². The van der Waals surface area contributed by atoms with E-state index >= 15 is 0 Å². The van der Waals surface area contributed by atoms with Crippen molar-refractivity contribution in [3.63, 3.8) is 0 Å². The first-order valence-electron chi connectivity index (χ1n) is 6.82. The van der Waals surface area contributed by atoms with E-state index in [2.05, 4.69) is 5.32 Å². The van der Waals surface area contributed by atoms with Gasteiger partial charge in [0.25, 0.3) is 5.91 Å². The number of nitrogens with two attached hydrogens (primary N) is 1. The molecule has 2 amide bonds. The Labute approximate surface area is 132 Å². The lowest BCUT2D eigenvalue weighted by Gasteiger charge is -2.36. The van der Waals surface area contributed by atoms with Gasteiger partial charge in [0.15, 0.2) is 0 Å². The Morgan fingerprint density at radius 3 is 2.86 bits per heavy atom. The van der Waals surface area contributed by atoms with E-state index in [-0.39, 0.29) is 39.5 Å². The zero-order valence-corrected chi connectivity index (χ0v) is 12.7. The summed E-state index contributed by atoms with van der Waals surface area (Å²) in [5.74, 6) is -0.236. The van der Waals surface area contributed by atoms with E-state index in [0.717, 1.165) is 12.8 Å². The van der Waals surface area contributed by atoms with E-state index < -0.39 is 0 Å². The van der Waals surface area contributed by atoms with Crippen LogP contribution in [0.1, 0.15) is 23.2 Å². The molecule has 2 fully saturated rings. The first-order valence-corrected chi connectivity index (χ1v) is 7.58. The molecule has 3 rings (SSSR count). The van der Waals surface area contributed by atoms with E-state index in [9.17, 15) is 9.59 Å². The van der Waals surface area contributed by atoms with Crippen molar-refractivity contribution in [1.29, 1.82) is 0 Å². The van der Waals surface area contributed by atoms with Gasteiger partial charge in [-0.1, -0.05) is 23.2 Å². The van der Waals surface area contributed by atoms with Gasteiger partial charge in [-0.25, -0.2) is 0 Å². The van der Waals surface area contributed by atoms with Gasteiger partial charge in [-0.3, -0.25) is 9.59 Å². The van der Waals surface area contributed by atoms with Gasteiger partial charge in [0, 0.05) is 18.7 Å². The number of anilines is 1. The molecule has 2 atom stereocenters. The Morgan fingerprint density at radius 1 is 1.38 bits per heavy atom. The SMILES string of the molecule is Nc1cc(C(=O)N2CCCC3C(=O)NCC32)cc(Cl)c1Cl. The number of likely N-dealkylation sites (tertiary alicyclic amines) is 1. The molecule has 2 aliphatic heterocycles. The average Bonchev–Trinajstić information content (AvgIpc) is 2.85. The van der Waals surface area contributed by atoms with Crippen LogP contribution in [0.15, 0.2) is 12.1 Å². The summed E-state index contributed by atoms with van der Waals surface area (Å²) in [5, 5.41) is 3.34. The maximum absolute atomic E-state index is 12.7. The highest BCUT2D eigenvalue weighted by Gasteiger charge is 2.42. The number of hydrogen-bond acceptors (Lipinski definition) is 3. The zero-order valence-electron chi connectivity index (χ0n) is 11.2. The second-order valence-electron chi connectivity index (χ2n) is 5.42. The fraction of sp³-hybridized carbons (Fsp3) is 0.429. The van der Waals surface area contributed by atoms with Crippen molar-refractivity contribution in [3.05, 3.63) is 27.7 Å². The summed E-state index contributed by atoms with van der Waals surface area (Å²) in [6.07, 6.45) is 1.64. The molecule has 2 saturated heterocycles. The number of nitrogens with one attached hydrogen (secondary N) is 1. The monoisotopic (exact) mass is 327 g/mol. The number of fused-ring (bicyclic) bond motifs is 1. The Bertz CT molecular complexity index is 597. The van der Waals surface area contributed by atoms with Crippen LogP contribution in [-0.2, 0) is 4.79 Å². The van der Waals surface area contributed by atoms with Gasteiger partial charge >= 0.3 is 0 Å². The summed E-state index contributed by atoms with van der Waals surface area (Å²) in [4.78, 5) is 26.2. The predicted molar refractivity (Wildman–Crippen MR) is 81.4 cm³/mol. The molecule has 7 heteroatoms. The number of hydrogen-bond donors (Lipinski definition) is 2. The summed E-state index contributed by atoms with van der Waals surface area (Å²) < 4.78 is 0. The van der Waals surface area contributed by atoms with Gasteiger partial charge in [0.05, 0.1) is 27.7 Å². The van der Waals surface area contributed by atoms with Crippen molar-refractivity contribution in [2.45, 2.75) is 18.9 Å². The molecule has 0 aromatic heterocycles. The summed E-state index contributed by atoms with van der Waals surface area (Å²) in [7, 11) is 0. The average molecular weight is 328 g/mol. The molecule has 1 aromatic rings. The lowest BCUT2D eigenvalue weighted by atomic mass is 9.91. The highest BCUT2D eigenvalue weighted by Crippen LogP contribution is 2.32. The molecule has 0 bridgehead atoms. The van der Waals surface area contributed by atoms with Crippen LogP contribution in [0.3, 0.4) is 0 Å². The maximum atomic E-state index is 12.7. The molecule has 5 nitrogen and oxygen atoms in total. The Morgan fingerprint density at radius 2 is 2.14 bits per heavy atom. The summed E-state index contributed by atoms with van der Waals surface area (Å²) in [6.45, 7) is 1.14. The van der Waals surface area contributed by atoms with Crippen LogP contribution in [0.4, 0.5) is 5.69 Å². The van der Waals surface area contributed by atoms with Crippen LogP contribution >= 0.6 is 23.2 Å². The molecule has 2 unspecified atom stereocenters. The van der Waals surface area contributed by atoms with Crippen molar-refractivity contribution in [2.24, 2.45) is 5.92 Å². The first-order chi connectivity index (χ1) is 9.99. The number of piperidine rings is 1. The van der Waals surface area contributed by atoms with Crippen molar-refractivity contribution < 1.29 is 9.59 Å². The molecule has 1 aromatic carbocycles. The number of amides is 2. The maximum Gasteiger partial charge on any atom is 0.254 e.